The number of rotatable bonds is 7. The first-order valence-corrected chi connectivity index (χ1v) is 8.92. The Morgan fingerprint density at radius 3 is 2.52 bits per heavy atom. The van der Waals surface area contributed by atoms with Crippen LogP contribution in [0.1, 0.15) is 28.1 Å². The van der Waals surface area contributed by atoms with Gasteiger partial charge in [0.25, 0.3) is 5.91 Å². The Labute approximate surface area is 158 Å². The number of hydrogen-bond donors (Lipinski definition) is 1. The molecule has 1 amide bonds. The third kappa shape index (κ3) is 6.16. The van der Waals surface area contributed by atoms with Gasteiger partial charge in [0.1, 0.15) is 0 Å². The Kier molecular flexibility index (Phi) is 6.99. The van der Waals surface area contributed by atoms with Crippen LogP contribution in [0.2, 0.25) is 9.36 Å². The molecular formula is C17H15Cl2NO4S. The lowest BCUT2D eigenvalue weighted by Crippen LogP contribution is -2.21. The van der Waals surface area contributed by atoms with E-state index in [1.807, 2.05) is 6.92 Å². The number of thiophene rings is 1. The Morgan fingerprint density at radius 1 is 1.12 bits per heavy atom. The van der Waals surface area contributed by atoms with Crippen LogP contribution < -0.4 is 5.32 Å². The van der Waals surface area contributed by atoms with Gasteiger partial charge in [-0.2, -0.15) is 0 Å². The van der Waals surface area contributed by atoms with Gasteiger partial charge in [0.2, 0.25) is 0 Å². The Bertz CT molecular complexity index is 804. The Balaban J connectivity index is 1.72. The molecule has 1 N–H and O–H groups in total. The molecule has 0 saturated heterocycles. The molecule has 0 atom stereocenters. The van der Waals surface area contributed by atoms with Crippen LogP contribution in [-0.4, -0.2) is 24.3 Å². The average molecular weight is 400 g/mol. The van der Waals surface area contributed by atoms with E-state index in [2.05, 4.69) is 5.32 Å². The highest BCUT2D eigenvalue weighted by atomic mass is 35.5. The summed E-state index contributed by atoms with van der Waals surface area (Å²) in [5.41, 5.74) is 1.41. The summed E-state index contributed by atoms with van der Waals surface area (Å²) in [5, 5.41) is 3.11. The van der Waals surface area contributed by atoms with Gasteiger partial charge < -0.3 is 10.1 Å². The monoisotopic (exact) mass is 399 g/mol. The number of nitrogens with one attached hydrogen (secondary N) is 1. The second kappa shape index (κ2) is 8.99. The van der Waals surface area contributed by atoms with E-state index in [9.17, 15) is 14.4 Å². The first-order chi connectivity index (χ1) is 11.8. The maximum Gasteiger partial charge on any atom is 0.306 e. The standard InChI is InChI=1S/C17H15Cl2NO4S/c1-10-2-3-11(8-12(10)18)20-16(22)9-24-17(23)7-4-13(21)14-5-6-15(19)25-14/h2-3,5-6,8H,4,7,9H2,1H3,(H,20,22). The first kappa shape index (κ1) is 19.4. The van der Waals surface area contributed by atoms with E-state index in [4.69, 9.17) is 27.9 Å². The van der Waals surface area contributed by atoms with Crippen molar-refractivity contribution < 1.29 is 19.1 Å². The van der Waals surface area contributed by atoms with Crippen molar-refractivity contribution >= 4 is 57.9 Å². The number of ketones is 1. The zero-order valence-electron chi connectivity index (χ0n) is 13.3. The average Bonchev–Trinajstić information content (AvgIpc) is 3.00. The Hall–Kier alpha value is -1.89. The zero-order chi connectivity index (χ0) is 18.4. The van der Waals surface area contributed by atoms with Gasteiger partial charge in [0, 0.05) is 17.1 Å². The summed E-state index contributed by atoms with van der Waals surface area (Å²) < 4.78 is 5.38. The number of amides is 1. The number of anilines is 1. The highest BCUT2D eigenvalue weighted by Gasteiger charge is 2.13. The minimum absolute atomic E-state index is 0.00483. The summed E-state index contributed by atoms with van der Waals surface area (Å²) in [6, 6.07) is 8.32. The van der Waals surface area contributed by atoms with Crippen LogP contribution in [0.3, 0.4) is 0 Å². The highest BCUT2D eigenvalue weighted by molar-refractivity contribution is 7.18. The SMILES string of the molecule is Cc1ccc(NC(=O)COC(=O)CCC(=O)c2ccc(Cl)s2)cc1Cl. The minimum atomic E-state index is -0.618. The van der Waals surface area contributed by atoms with Gasteiger partial charge in [-0.15, -0.1) is 11.3 Å². The van der Waals surface area contributed by atoms with Crippen molar-refractivity contribution in [2.75, 3.05) is 11.9 Å². The van der Waals surface area contributed by atoms with Gasteiger partial charge in [-0.3, -0.25) is 14.4 Å². The van der Waals surface area contributed by atoms with Gasteiger partial charge in [-0.1, -0.05) is 29.3 Å². The Morgan fingerprint density at radius 2 is 1.88 bits per heavy atom. The minimum Gasteiger partial charge on any atom is -0.456 e. The number of carbonyl (C=O) groups is 3. The summed E-state index contributed by atoms with van der Waals surface area (Å²) >= 11 is 12.9. The molecule has 2 rings (SSSR count). The third-order valence-electron chi connectivity index (χ3n) is 3.22. The molecule has 1 heterocycles. The van der Waals surface area contributed by atoms with Crippen molar-refractivity contribution in [3.8, 4) is 0 Å². The fourth-order valence-electron chi connectivity index (χ4n) is 1.89. The molecule has 1 aromatic heterocycles. The molecule has 2 aromatic rings. The van der Waals surface area contributed by atoms with Crippen LogP contribution in [-0.2, 0) is 14.3 Å². The van der Waals surface area contributed by atoms with Crippen LogP contribution in [0.5, 0.6) is 0 Å². The van der Waals surface area contributed by atoms with E-state index < -0.39 is 18.5 Å². The van der Waals surface area contributed by atoms with Gasteiger partial charge in [-0.05, 0) is 36.8 Å². The fourth-order valence-corrected chi connectivity index (χ4v) is 3.08. The number of halogens is 2. The lowest BCUT2D eigenvalue weighted by molar-refractivity contribution is -0.147. The third-order valence-corrected chi connectivity index (χ3v) is 4.90. The molecule has 0 aliphatic heterocycles. The number of hydrogen-bond acceptors (Lipinski definition) is 5. The summed E-state index contributed by atoms with van der Waals surface area (Å²) in [7, 11) is 0. The molecular weight excluding hydrogens is 385 g/mol. The summed E-state index contributed by atoms with van der Waals surface area (Å²) in [4.78, 5) is 35.8. The number of ether oxygens (including phenoxy) is 1. The fraction of sp³-hybridized carbons (Fsp3) is 0.235. The lowest BCUT2D eigenvalue weighted by Gasteiger charge is -2.07. The van der Waals surface area contributed by atoms with E-state index in [-0.39, 0.29) is 18.6 Å². The molecule has 0 saturated carbocycles. The molecule has 0 radical (unpaired) electrons. The molecule has 25 heavy (non-hydrogen) atoms. The van der Waals surface area contributed by atoms with Gasteiger partial charge >= 0.3 is 5.97 Å². The summed E-state index contributed by atoms with van der Waals surface area (Å²) in [6.07, 6.45) is -0.0944. The quantitative estimate of drug-likeness (QED) is 0.548. The second-order valence-corrected chi connectivity index (χ2v) is 7.32. The van der Waals surface area contributed by atoms with Gasteiger partial charge in [-0.25, -0.2) is 0 Å². The normalized spacial score (nSPS) is 10.4. The smallest absolute Gasteiger partial charge is 0.306 e. The molecule has 8 heteroatoms. The van der Waals surface area contributed by atoms with E-state index >= 15 is 0 Å². The molecule has 0 aliphatic rings. The van der Waals surface area contributed by atoms with Crippen LogP contribution in [0.15, 0.2) is 30.3 Å². The lowest BCUT2D eigenvalue weighted by atomic mass is 10.2. The van der Waals surface area contributed by atoms with Crippen LogP contribution in [0.4, 0.5) is 5.69 Å². The van der Waals surface area contributed by atoms with Crippen molar-refractivity contribution in [2.24, 2.45) is 0 Å². The maximum atomic E-state index is 11.9. The molecule has 0 bridgehead atoms. The topological polar surface area (TPSA) is 72.5 Å². The van der Waals surface area contributed by atoms with E-state index in [0.717, 1.165) is 16.9 Å². The van der Waals surface area contributed by atoms with E-state index in [1.54, 1.807) is 30.3 Å². The first-order valence-electron chi connectivity index (χ1n) is 7.35. The molecule has 0 spiro atoms. The highest BCUT2D eigenvalue weighted by Crippen LogP contribution is 2.23. The number of esters is 1. The van der Waals surface area contributed by atoms with Crippen LogP contribution in [0.25, 0.3) is 0 Å². The number of benzene rings is 1. The predicted octanol–water partition coefficient (Wildman–Crippen LogP) is 4.51. The maximum absolute atomic E-state index is 11.9. The van der Waals surface area contributed by atoms with Gasteiger partial charge in [0.15, 0.2) is 12.4 Å². The predicted molar refractivity (Wildman–Crippen MR) is 98.7 cm³/mol. The summed E-state index contributed by atoms with van der Waals surface area (Å²) in [5.74, 6) is -1.29. The number of Topliss-reactive ketones (excluding diaryl/α,β-unsaturated/α-hetero) is 1. The number of carbonyl (C=O) groups excluding carboxylic acids is 3. The van der Waals surface area contributed by atoms with Crippen molar-refractivity contribution in [1.82, 2.24) is 0 Å². The van der Waals surface area contributed by atoms with Gasteiger partial charge in [0.05, 0.1) is 15.6 Å². The van der Waals surface area contributed by atoms with E-state index in [0.29, 0.717) is 19.9 Å². The molecule has 1 aromatic carbocycles. The zero-order valence-corrected chi connectivity index (χ0v) is 15.6. The summed E-state index contributed by atoms with van der Waals surface area (Å²) in [6.45, 7) is 1.42. The second-order valence-electron chi connectivity index (χ2n) is 5.20. The van der Waals surface area contributed by atoms with Crippen molar-refractivity contribution in [3.05, 3.63) is 50.1 Å². The molecule has 5 nitrogen and oxygen atoms in total. The molecule has 0 aliphatic carbocycles. The molecule has 132 valence electrons. The number of aryl methyl sites for hydroxylation is 1. The van der Waals surface area contributed by atoms with Crippen LogP contribution >= 0.6 is 34.5 Å². The molecule has 0 unspecified atom stereocenters. The van der Waals surface area contributed by atoms with E-state index in [1.165, 1.54) is 0 Å². The van der Waals surface area contributed by atoms with Crippen molar-refractivity contribution in [2.45, 2.75) is 19.8 Å². The van der Waals surface area contributed by atoms with Crippen molar-refractivity contribution in [3.63, 3.8) is 0 Å². The van der Waals surface area contributed by atoms with Crippen LogP contribution in [0, 0.1) is 6.92 Å². The van der Waals surface area contributed by atoms with Crippen molar-refractivity contribution in [1.29, 1.82) is 0 Å². The largest absolute Gasteiger partial charge is 0.456 e. The molecule has 0 fully saturated rings.